The van der Waals surface area contributed by atoms with E-state index in [1.807, 2.05) is 0 Å². The van der Waals surface area contributed by atoms with Gasteiger partial charge in [-0.05, 0) is 31.0 Å². The molecular weight excluding hydrogens is 172 g/mol. The molecule has 1 rings (SSSR count). The van der Waals surface area contributed by atoms with Crippen LogP contribution in [0.5, 0.6) is 0 Å². The Morgan fingerprint density at radius 3 is 2.86 bits per heavy atom. The number of nitrogens with zero attached hydrogens (tertiary/aromatic N) is 1. The average Bonchev–Trinajstić information content (AvgIpc) is 2.63. The van der Waals surface area contributed by atoms with Gasteiger partial charge in [-0.25, -0.2) is 0 Å². The first-order valence-corrected chi connectivity index (χ1v) is 5.72. The Bertz CT molecular complexity index is 240. The molecule has 0 atom stereocenters. The Morgan fingerprint density at radius 1 is 1.29 bits per heavy atom. The molecule has 0 fully saturated rings. The summed E-state index contributed by atoms with van der Waals surface area (Å²) in [6.07, 6.45) is 8.17. The number of rotatable bonds is 7. The van der Waals surface area contributed by atoms with Crippen molar-refractivity contribution >= 4 is 0 Å². The van der Waals surface area contributed by atoms with Gasteiger partial charge < -0.3 is 9.88 Å². The van der Waals surface area contributed by atoms with Crippen molar-refractivity contribution in [2.24, 2.45) is 0 Å². The number of hydrogen-bond acceptors (Lipinski definition) is 1. The summed E-state index contributed by atoms with van der Waals surface area (Å²) in [5, 5.41) is 3.41. The molecule has 0 saturated carbocycles. The second-order valence-corrected chi connectivity index (χ2v) is 3.79. The molecule has 80 valence electrons. The van der Waals surface area contributed by atoms with Crippen LogP contribution in [0.4, 0.5) is 0 Å². The molecule has 1 aromatic heterocycles. The average molecular weight is 194 g/mol. The molecule has 14 heavy (non-hydrogen) atoms. The van der Waals surface area contributed by atoms with Gasteiger partial charge in [0.2, 0.25) is 0 Å². The Balaban J connectivity index is 2.27. The summed E-state index contributed by atoms with van der Waals surface area (Å²) in [6.45, 7) is 7.70. The topological polar surface area (TPSA) is 17.0 Å². The van der Waals surface area contributed by atoms with Crippen molar-refractivity contribution in [2.45, 2.75) is 46.2 Å². The number of unbranched alkanes of at least 4 members (excludes halogenated alkanes) is 1. The van der Waals surface area contributed by atoms with Gasteiger partial charge in [0.25, 0.3) is 0 Å². The number of aryl methyl sites for hydroxylation is 1. The maximum Gasteiger partial charge on any atom is 0.0220 e. The molecule has 0 saturated heterocycles. The minimum absolute atomic E-state index is 1.01. The highest BCUT2D eigenvalue weighted by Crippen LogP contribution is 2.02. The predicted octanol–water partition coefficient (Wildman–Crippen LogP) is 2.79. The van der Waals surface area contributed by atoms with Crippen LogP contribution < -0.4 is 5.32 Å². The summed E-state index contributed by atoms with van der Waals surface area (Å²) >= 11 is 0. The molecule has 2 heteroatoms. The Kier molecular flexibility index (Phi) is 5.38. The molecule has 0 aliphatic heterocycles. The van der Waals surface area contributed by atoms with Gasteiger partial charge in [0.05, 0.1) is 0 Å². The molecule has 0 unspecified atom stereocenters. The second-order valence-electron chi connectivity index (χ2n) is 3.79. The van der Waals surface area contributed by atoms with Gasteiger partial charge in [-0.3, -0.25) is 0 Å². The van der Waals surface area contributed by atoms with Crippen LogP contribution in [0.2, 0.25) is 0 Å². The van der Waals surface area contributed by atoms with Gasteiger partial charge in [0.1, 0.15) is 0 Å². The van der Waals surface area contributed by atoms with Gasteiger partial charge in [-0.15, -0.1) is 0 Å². The third-order valence-electron chi connectivity index (χ3n) is 2.34. The van der Waals surface area contributed by atoms with Gasteiger partial charge >= 0.3 is 0 Å². The minimum Gasteiger partial charge on any atom is -0.354 e. The van der Waals surface area contributed by atoms with Gasteiger partial charge in [-0.2, -0.15) is 0 Å². The second kappa shape index (κ2) is 6.66. The van der Waals surface area contributed by atoms with E-state index >= 15 is 0 Å². The van der Waals surface area contributed by atoms with Crippen LogP contribution in [0.25, 0.3) is 0 Å². The lowest BCUT2D eigenvalue weighted by atomic mass is 10.3. The lowest BCUT2D eigenvalue weighted by molar-refractivity contribution is 0.629. The summed E-state index contributed by atoms with van der Waals surface area (Å²) in [4.78, 5) is 0. The molecule has 1 aromatic rings. The van der Waals surface area contributed by atoms with E-state index in [0.29, 0.717) is 0 Å². The first-order chi connectivity index (χ1) is 6.86. The molecule has 0 spiro atoms. The van der Waals surface area contributed by atoms with E-state index in [0.717, 1.165) is 19.6 Å². The predicted molar refractivity (Wildman–Crippen MR) is 61.3 cm³/mol. The number of nitrogens with one attached hydrogen (secondary N) is 1. The monoisotopic (exact) mass is 194 g/mol. The van der Waals surface area contributed by atoms with Crippen molar-refractivity contribution in [1.29, 1.82) is 0 Å². The normalized spacial score (nSPS) is 10.7. The SMILES string of the molecule is CCCCn1ccc(CNCCC)c1. The third-order valence-corrected chi connectivity index (χ3v) is 2.34. The van der Waals surface area contributed by atoms with E-state index in [9.17, 15) is 0 Å². The maximum absolute atomic E-state index is 3.41. The standard InChI is InChI=1S/C12H22N2/c1-3-5-8-14-9-6-12(11-14)10-13-7-4-2/h6,9,11,13H,3-5,7-8,10H2,1-2H3. The maximum atomic E-state index is 3.41. The fourth-order valence-electron chi connectivity index (χ4n) is 1.48. The molecule has 0 radical (unpaired) electrons. The van der Waals surface area contributed by atoms with Gasteiger partial charge in [0, 0.05) is 25.5 Å². The zero-order valence-corrected chi connectivity index (χ0v) is 9.42. The molecule has 1 heterocycles. The lowest BCUT2D eigenvalue weighted by Crippen LogP contribution is -2.13. The van der Waals surface area contributed by atoms with Crippen LogP contribution in [0, 0.1) is 0 Å². The minimum atomic E-state index is 1.01. The zero-order valence-electron chi connectivity index (χ0n) is 9.42. The first-order valence-electron chi connectivity index (χ1n) is 5.72. The van der Waals surface area contributed by atoms with Gasteiger partial charge in [0.15, 0.2) is 0 Å². The van der Waals surface area contributed by atoms with Crippen molar-refractivity contribution in [1.82, 2.24) is 9.88 Å². The van der Waals surface area contributed by atoms with Crippen molar-refractivity contribution in [2.75, 3.05) is 6.54 Å². The van der Waals surface area contributed by atoms with Crippen molar-refractivity contribution in [3.8, 4) is 0 Å². The largest absolute Gasteiger partial charge is 0.354 e. The lowest BCUT2D eigenvalue weighted by Gasteiger charge is -2.01. The molecule has 0 bridgehead atoms. The molecule has 2 nitrogen and oxygen atoms in total. The fourth-order valence-corrected chi connectivity index (χ4v) is 1.48. The van der Waals surface area contributed by atoms with Crippen molar-refractivity contribution in [3.63, 3.8) is 0 Å². The molecule has 0 aromatic carbocycles. The summed E-state index contributed by atoms with van der Waals surface area (Å²) in [7, 11) is 0. The highest BCUT2D eigenvalue weighted by atomic mass is 14.9. The van der Waals surface area contributed by atoms with E-state index in [1.54, 1.807) is 0 Å². The Morgan fingerprint density at radius 2 is 2.14 bits per heavy atom. The smallest absolute Gasteiger partial charge is 0.0220 e. The van der Waals surface area contributed by atoms with Crippen LogP contribution in [0.1, 0.15) is 38.7 Å². The zero-order chi connectivity index (χ0) is 10.2. The highest BCUT2D eigenvalue weighted by Gasteiger charge is 1.95. The van der Waals surface area contributed by atoms with Crippen LogP contribution in [0.15, 0.2) is 18.5 Å². The molecular formula is C12H22N2. The van der Waals surface area contributed by atoms with E-state index in [-0.39, 0.29) is 0 Å². The number of hydrogen-bond donors (Lipinski definition) is 1. The molecule has 1 N–H and O–H groups in total. The summed E-state index contributed by atoms with van der Waals surface area (Å²) in [5.41, 5.74) is 1.40. The Hall–Kier alpha value is -0.760. The van der Waals surface area contributed by atoms with E-state index in [2.05, 4.69) is 42.2 Å². The van der Waals surface area contributed by atoms with Crippen molar-refractivity contribution < 1.29 is 0 Å². The summed E-state index contributed by atoms with van der Waals surface area (Å²) < 4.78 is 2.28. The van der Waals surface area contributed by atoms with Crippen LogP contribution >= 0.6 is 0 Å². The van der Waals surface area contributed by atoms with E-state index in [1.165, 1.54) is 24.8 Å². The van der Waals surface area contributed by atoms with Crippen LogP contribution in [-0.2, 0) is 13.1 Å². The fraction of sp³-hybridized carbons (Fsp3) is 0.667. The number of aromatic nitrogens is 1. The summed E-state index contributed by atoms with van der Waals surface area (Å²) in [6, 6.07) is 2.21. The van der Waals surface area contributed by atoms with Crippen molar-refractivity contribution in [3.05, 3.63) is 24.0 Å². The molecule has 0 aliphatic carbocycles. The molecule has 0 aliphatic rings. The highest BCUT2D eigenvalue weighted by molar-refractivity contribution is 5.09. The van der Waals surface area contributed by atoms with E-state index in [4.69, 9.17) is 0 Å². The van der Waals surface area contributed by atoms with Gasteiger partial charge in [-0.1, -0.05) is 20.3 Å². The Labute approximate surface area is 87.3 Å². The molecule has 0 amide bonds. The van der Waals surface area contributed by atoms with Crippen LogP contribution in [-0.4, -0.2) is 11.1 Å². The summed E-state index contributed by atoms with van der Waals surface area (Å²) in [5.74, 6) is 0. The third kappa shape index (κ3) is 3.97. The first kappa shape index (κ1) is 11.3. The van der Waals surface area contributed by atoms with E-state index < -0.39 is 0 Å². The quantitative estimate of drug-likeness (QED) is 0.660. The van der Waals surface area contributed by atoms with Crippen LogP contribution in [0.3, 0.4) is 0 Å².